The Labute approximate surface area is 240 Å². The number of ether oxygens (including phenoxy) is 2. The largest absolute Gasteiger partial charge is 0.481 e. The molecular formula is C33H36O6S. The number of para-hydroxylation sites is 1. The highest BCUT2D eigenvalue weighted by Crippen LogP contribution is 2.38. The van der Waals surface area contributed by atoms with Crippen LogP contribution in [0.2, 0.25) is 0 Å². The number of carboxylic acids is 1. The summed E-state index contributed by atoms with van der Waals surface area (Å²) in [6.45, 7) is 3.40. The van der Waals surface area contributed by atoms with Crippen molar-refractivity contribution < 1.29 is 29.0 Å². The number of benzene rings is 3. The van der Waals surface area contributed by atoms with Crippen LogP contribution in [0.3, 0.4) is 0 Å². The van der Waals surface area contributed by atoms with Crippen LogP contribution in [0, 0.1) is 31.6 Å². The topological polar surface area (TPSA) is 89.9 Å². The Bertz CT molecular complexity index is 1310. The van der Waals surface area contributed by atoms with Crippen molar-refractivity contribution in [2.75, 3.05) is 12.9 Å². The van der Waals surface area contributed by atoms with E-state index in [4.69, 9.17) is 14.6 Å². The number of aliphatic carboxylic acids is 1. The van der Waals surface area contributed by atoms with E-state index in [1.165, 1.54) is 0 Å². The lowest BCUT2D eigenvalue weighted by atomic mass is 9.77. The van der Waals surface area contributed by atoms with Gasteiger partial charge < -0.3 is 14.6 Å². The molecule has 7 heteroatoms. The number of Topliss-reactive ketones (excluding diaryl/α,β-unsaturated/α-hetero) is 1. The summed E-state index contributed by atoms with van der Waals surface area (Å²) < 4.78 is 11.2. The third-order valence-electron chi connectivity index (χ3n) is 7.59. The lowest BCUT2D eigenvalue weighted by Gasteiger charge is -2.26. The molecule has 0 saturated heterocycles. The molecule has 3 atom stereocenters. The van der Waals surface area contributed by atoms with E-state index in [2.05, 4.69) is 0 Å². The van der Waals surface area contributed by atoms with Gasteiger partial charge in [-0.2, -0.15) is 0 Å². The second-order valence-corrected chi connectivity index (χ2v) is 11.4. The fourth-order valence-electron chi connectivity index (χ4n) is 5.73. The Morgan fingerprint density at radius 3 is 2.25 bits per heavy atom. The number of ketones is 1. The van der Waals surface area contributed by atoms with Crippen molar-refractivity contribution in [3.8, 4) is 11.5 Å². The van der Waals surface area contributed by atoms with Crippen LogP contribution in [0.15, 0.2) is 71.6 Å². The molecule has 4 rings (SSSR count). The molecule has 0 aliphatic heterocycles. The molecule has 3 aromatic carbocycles. The zero-order valence-electron chi connectivity index (χ0n) is 23.2. The second-order valence-electron chi connectivity index (χ2n) is 10.5. The van der Waals surface area contributed by atoms with Gasteiger partial charge >= 0.3 is 11.9 Å². The van der Waals surface area contributed by atoms with E-state index in [-0.39, 0.29) is 29.5 Å². The molecule has 0 aromatic heterocycles. The monoisotopic (exact) mass is 560 g/mol. The summed E-state index contributed by atoms with van der Waals surface area (Å²) in [5.41, 5.74) is 3.43. The second kappa shape index (κ2) is 13.7. The maximum absolute atomic E-state index is 13.9. The van der Waals surface area contributed by atoms with Crippen LogP contribution in [0.1, 0.15) is 52.7 Å². The van der Waals surface area contributed by atoms with E-state index in [9.17, 15) is 14.4 Å². The van der Waals surface area contributed by atoms with Crippen molar-refractivity contribution in [3.63, 3.8) is 0 Å². The molecule has 6 nitrogen and oxygen atoms in total. The fourth-order valence-corrected chi connectivity index (χ4v) is 6.14. The quantitative estimate of drug-likeness (QED) is 0.0944. The van der Waals surface area contributed by atoms with E-state index >= 15 is 0 Å². The molecule has 1 fully saturated rings. The number of hydrogen-bond donors (Lipinski definition) is 1. The number of esters is 1. The molecule has 40 heavy (non-hydrogen) atoms. The zero-order valence-corrected chi connectivity index (χ0v) is 24.0. The van der Waals surface area contributed by atoms with E-state index in [0.717, 1.165) is 28.0 Å². The highest BCUT2D eigenvalue weighted by Gasteiger charge is 2.36. The van der Waals surface area contributed by atoms with Gasteiger partial charge in [-0.05, 0) is 92.7 Å². The first-order valence-corrected chi connectivity index (χ1v) is 14.9. The molecule has 1 saturated carbocycles. The van der Waals surface area contributed by atoms with E-state index in [0.29, 0.717) is 42.7 Å². The third kappa shape index (κ3) is 7.54. The highest BCUT2D eigenvalue weighted by atomic mass is 32.2. The van der Waals surface area contributed by atoms with Gasteiger partial charge in [0.1, 0.15) is 11.5 Å². The molecule has 0 amide bonds. The van der Waals surface area contributed by atoms with Crippen LogP contribution >= 0.6 is 11.8 Å². The van der Waals surface area contributed by atoms with Gasteiger partial charge in [-0.1, -0.05) is 48.9 Å². The number of carboxylic acid groups (broad SMARTS) is 1. The van der Waals surface area contributed by atoms with Crippen LogP contribution in [0.5, 0.6) is 11.5 Å². The minimum atomic E-state index is -1.03. The first kappa shape index (κ1) is 29.4. The van der Waals surface area contributed by atoms with Gasteiger partial charge in [-0.15, -0.1) is 11.8 Å². The van der Waals surface area contributed by atoms with Crippen molar-refractivity contribution in [2.24, 2.45) is 17.8 Å². The van der Waals surface area contributed by atoms with Gasteiger partial charge in [0, 0.05) is 16.4 Å². The standard InChI is InChI=1S/C33H36O6S/c1-21-16-23(17-22(2)32(21)38-20-30(34)35)18-26-19-25(33(37)39-27-9-5-4-6-10-27)8-7-11-29(26)31(36)24-12-14-28(40-3)15-13-24/h4-6,9-10,12-17,25-26,29H,7-8,11,18-20H2,1-3H3,(H,34,35). The molecule has 0 bridgehead atoms. The van der Waals surface area contributed by atoms with Crippen molar-refractivity contribution in [1.82, 2.24) is 0 Å². The molecule has 1 aliphatic carbocycles. The van der Waals surface area contributed by atoms with Crippen LogP contribution in [0.25, 0.3) is 0 Å². The van der Waals surface area contributed by atoms with Gasteiger partial charge in [-0.25, -0.2) is 4.79 Å². The number of rotatable bonds is 10. The summed E-state index contributed by atoms with van der Waals surface area (Å²) >= 11 is 1.64. The average Bonchev–Trinajstić information content (AvgIpc) is 3.15. The van der Waals surface area contributed by atoms with Gasteiger partial charge in [0.2, 0.25) is 0 Å². The molecule has 0 spiro atoms. The number of carbonyl (C=O) groups excluding carboxylic acids is 2. The lowest BCUT2D eigenvalue weighted by Crippen LogP contribution is -2.28. The minimum absolute atomic E-state index is 0.0619. The van der Waals surface area contributed by atoms with Crippen LogP contribution < -0.4 is 9.47 Å². The molecule has 0 heterocycles. The Hall–Kier alpha value is -3.58. The molecule has 1 aliphatic rings. The molecule has 210 valence electrons. The molecule has 3 aromatic rings. The van der Waals surface area contributed by atoms with Crippen LogP contribution in [-0.2, 0) is 16.0 Å². The Balaban J connectivity index is 1.61. The predicted molar refractivity (Wildman–Crippen MR) is 156 cm³/mol. The maximum atomic E-state index is 13.9. The summed E-state index contributed by atoms with van der Waals surface area (Å²) in [4.78, 5) is 39.2. The van der Waals surface area contributed by atoms with Crippen molar-refractivity contribution in [3.05, 3.63) is 89.0 Å². The molecule has 1 N–H and O–H groups in total. The van der Waals surface area contributed by atoms with E-state index < -0.39 is 12.6 Å². The van der Waals surface area contributed by atoms with E-state index in [1.54, 1.807) is 23.9 Å². The first-order chi connectivity index (χ1) is 19.2. The van der Waals surface area contributed by atoms with Crippen LogP contribution in [0.4, 0.5) is 0 Å². The Morgan fingerprint density at radius 2 is 1.62 bits per heavy atom. The van der Waals surface area contributed by atoms with Gasteiger partial charge in [0.15, 0.2) is 12.4 Å². The Morgan fingerprint density at radius 1 is 0.950 bits per heavy atom. The Kier molecular flexibility index (Phi) is 10.0. The maximum Gasteiger partial charge on any atom is 0.341 e. The summed E-state index contributed by atoms with van der Waals surface area (Å²) in [6, 6.07) is 20.9. The van der Waals surface area contributed by atoms with Crippen molar-refractivity contribution >= 4 is 29.5 Å². The predicted octanol–water partition coefficient (Wildman–Crippen LogP) is 6.94. The van der Waals surface area contributed by atoms with Gasteiger partial charge in [0.05, 0.1) is 5.92 Å². The molecule has 0 radical (unpaired) electrons. The fraction of sp³-hybridized carbons (Fsp3) is 0.364. The highest BCUT2D eigenvalue weighted by molar-refractivity contribution is 7.98. The smallest absolute Gasteiger partial charge is 0.341 e. The lowest BCUT2D eigenvalue weighted by molar-refractivity contribution is -0.140. The average molecular weight is 561 g/mol. The number of hydrogen-bond acceptors (Lipinski definition) is 6. The summed E-state index contributed by atoms with van der Waals surface area (Å²) in [7, 11) is 0. The number of aryl methyl sites for hydroxylation is 2. The zero-order chi connectivity index (χ0) is 28.6. The SMILES string of the molecule is CSc1ccc(C(=O)C2CCCC(C(=O)Oc3ccccc3)CC2Cc2cc(C)c(OCC(=O)O)c(C)c2)cc1. The van der Waals surface area contributed by atoms with Crippen molar-refractivity contribution in [2.45, 2.75) is 50.8 Å². The molecule has 3 unspecified atom stereocenters. The number of thioether (sulfide) groups is 1. The molecular weight excluding hydrogens is 524 g/mol. The van der Waals surface area contributed by atoms with Crippen LogP contribution in [-0.4, -0.2) is 35.7 Å². The minimum Gasteiger partial charge on any atom is -0.481 e. The van der Waals surface area contributed by atoms with E-state index in [1.807, 2.05) is 74.7 Å². The first-order valence-electron chi connectivity index (χ1n) is 13.6. The van der Waals surface area contributed by atoms with Crippen molar-refractivity contribution in [1.29, 1.82) is 0 Å². The third-order valence-corrected chi connectivity index (χ3v) is 8.33. The summed E-state index contributed by atoms with van der Waals surface area (Å²) in [5, 5.41) is 9.03. The summed E-state index contributed by atoms with van der Waals surface area (Å²) in [6.07, 6.45) is 5.34. The van der Waals surface area contributed by atoms with Gasteiger partial charge in [-0.3, -0.25) is 9.59 Å². The van der Waals surface area contributed by atoms with Gasteiger partial charge in [0.25, 0.3) is 0 Å². The normalized spacial score (nSPS) is 18.9. The number of carbonyl (C=O) groups is 3. The summed E-state index contributed by atoms with van der Waals surface area (Å²) in [5.74, 6) is -0.658.